The molecule has 0 radical (unpaired) electrons. The predicted octanol–water partition coefficient (Wildman–Crippen LogP) is 1.30. The van der Waals surface area contributed by atoms with Crippen LogP contribution in [0.1, 0.15) is 37.1 Å². The van der Waals surface area contributed by atoms with Crippen LogP contribution in [0.15, 0.2) is 0 Å². The number of alkyl halides is 1. The van der Waals surface area contributed by atoms with Gasteiger partial charge in [0.15, 0.2) is 6.29 Å². The van der Waals surface area contributed by atoms with Gasteiger partial charge in [0.25, 0.3) is 0 Å². The number of fused-ring (bicyclic) bond motifs is 1. The zero-order valence-electron chi connectivity index (χ0n) is 8.74. The number of nitrogens with zero attached hydrogens (tertiary/aromatic N) is 3. The Hall–Kier alpha value is -1.26. The van der Waals surface area contributed by atoms with Crippen molar-refractivity contribution in [1.29, 1.82) is 0 Å². The lowest BCUT2D eigenvalue weighted by molar-refractivity contribution is -0.119. The van der Waals surface area contributed by atoms with Crippen molar-refractivity contribution in [3.8, 4) is 0 Å². The molecule has 0 aliphatic heterocycles. The number of aryl methyl sites for hydroxylation is 2. The SMILES string of the molecule is Cn1nnc2c1C(F)(C=O)CCCCC2. The first-order chi connectivity index (χ1) is 7.17. The maximum absolute atomic E-state index is 14.4. The molecule has 15 heavy (non-hydrogen) atoms. The van der Waals surface area contributed by atoms with Gasteiger partial charge in [-0.2, -0.15) is 0 Å². The van der Waals surface area contributed by atoms with Crippen LogP contribution in [0.2, 0.25) is 0 Å². The Morgan fingerprint density at radius 3 is 3.00 bits per heavy atom. The molecule has 5 heteroatoms. The molecule has 0 aromatic carbocycles. The van der Waals surface area contributed by atoms with Crippen molar-refractivity contribution in [2.24, 2.45) is 7.05 Å². The van der Waals surface area contributed by atoms with Crippen molar-refractivity contribution in [1.82, 2.24) is 15.0 Å². The molecule has 1 aliphatic rings. The molecular formula is C10H14FN3O. The van der Waals surface area contributed by atoms with Gasteiger partial charge in [0, 0.05) is 7.05 Å². The second-order valence-corrected chi connectivity index (χ2v) is 4.05. The van der Waals surface area contributed by atoms with E-state index in [9.17, 15) is 9.18 Å². The number of hydrogen-bond donors (Lipinski definition) is 0. The summed E-state index contributed by atoms with van der Waals surface area (Å²) in [5.41, 5.74) is -0.919. The molecule has 1 aromatic rings. The summed E-state index contributed by atoms with van der Waals surface area (Å²) in [5, 5.41) is 7.71. The molecule has 0 fully saturated rings. The molecule has 0 amide bonds. The third kappa shape index (κ3) is 1.66. The predicted molar refractivity (Wildman–Crippen MR) is 52.0 cm³/mol. The zero-order chi connectivity index (χ0) is 10.9. The minimum Gasteiger partial charge on any atom is -0.299 e. The molecule has 0 bridgehead atoms. The average molecular weight is 211 g/mol. The molecule has 0 N–H and O–H groups in total. The highest BCUT2D eigenvalue weighted by atomic mass is 19.1. The number of aromatic nitrogens is 3. The first kappa shape index (κ1) is 10.3. The van der Waals surface area contributed by atoms with Gasteiger partial charge in [-0.1, -0.05) is 11.6 Å². The molecule has 1 heterocycles. The highest BCUT2D eigenvalue weighted by Crippen LogP contribution is 2.33. The Balaban J connectivity index is 2.50. The van der Waals surface area contributed by atoms with Gasteiger partial charge in [0.05, 0.1) is 5.69 Å². The molecule has 1 aliphatic carbocycles. The van der Waals surface area contributed by atoms with Gasteiger partial charge in [0.1, 0.15) is 5.69 Å². The Morgan fingerprint density at radius 1 is 1.47 bits per heavy atom. The van der Waals surface area contributed by atoms with Crippen LogP contribution in [0.5, 0.6) is 0 Å². The molecule has 2 rings (SSSR count). The van der Waals surface area contributed by atoms with Crippen LogP contribution < -0.4 is 0 Å². The lowest BCUT2D eigenvalue weighted by Crippen LogP contribution is -2.27. The van der Waals surface area contributed by atoms with E-state index in [4.69, 9.17) is 0 Å². The molecule has 0 spiro atoms. The molecule has 1 atom stereocenters. The molecule has 0 saturated heterocycles. The van der Waals surface area contributed by atoms with Gasteiger partial charge < -0.3 is 0 Å². The molecule has 0 saturated carbocycles. The minimum atomic E-state index is -1.89. The highest BCUT2D eigenvalue weighted by Gasteiger charge is 2.38. The maximum atomic E-state index is 14.4. The van der Waals surface area contributed by atoms with Crippen LogP contribution in [0.3, 0.4) is 0 Å². The second kappa shape index (κ2) is 3.72. The number of carbonyl (C=O) groups excluding carboxylic acids is 1. The van der Waals surface area contributed by atoms with Crippen molar-refractivity contribution in [3.63, 3.8) is 0 Å². The van der Waals surface area contributed by atoms with Crippen molar-refractivity contribution < 1.29 is 9.18 Å². The standard InChI is InChI=1S/C10H14FN3O/c1-14-9-8(12-13-14)5-3-2-4-6-10(9,11)7-15/h7H,2-6H2,1H3. The number of halogens is 1. The van der Waals surface area contributed by atoms with Crippen LogP contribution in [0.25, 0.3) is 0 Å². The molecule has 82 valence electrons. The van der Waals surface area contributed by atoms with E-state index in [1.165, 1.54) is 4.68 Å². The topological polar surface area (TPSA) is 47.8 Å². The third-order valence-electron chi connectivity index (χ3n) is 2.93. The zero-order valence-corrected chi connectivity index (χ0v) is 8.74. The van der Waals surface area contributed by atoms with E-state index in [1.54, 1.807) is 7.05 Å². The summed E-state index contributed by atoms with van der Waals surface area (Å²) >= 11 is 0. The van der Waals surface area contributed by atoms with E-state index in [0.29, 0.717) is 24.1 Å². The molecular weight excluding hydrogens is 197 g/mol. The summed E-state index contributed by atoms with van der Waals surface area (Å²) in [6, 6.07) is 0. The van der Waals surface area contributed by atoms with E-state index in [2.05, 4.69) is 10.3 Å². The number of carbonyl (C=O) groups is 1. The summed E-state index contributed by atoms with van der Waals surface area (Å²) in [6.45, 7) is 0. The van der Waals surface area contributed by atoms with Gasteiger partial charge in [-0.15, -0.1) is 5.10 Å². The number of rotatable bonds is 1. The van der Waals surface area contributed by atoms with Crippen LogP contribution in [0, 0.1) is 0 Å². The second-order valence-electron chi connectivity index (χ2n) is 4.05. The fraction of sp³-hybridized carbons (Fsp3) is 0.700. The van der Waals surface area contributed by atoms with Crippen LogP contribution in [-0.2, 0) is 23.9 Å². The van der Waals surface area contributed by atoms with E-state index in [0.717, 1.165) is 19.3 Å². The van der Waals surface area contributed by atoms with Crippen molar-refractivity contribution in [2.75, 3.05) is 0 Å². The van der Waals surface area contributed by atoms with Crippen LogP contribution in [-0.4, -0.2) is 21.3 Å². The Kier molecular flexibility index (Phi) is 2.54. The van der Waals surface area contributed by atoms with E-state index < -0.39 is 5.67 Å². The van der Waals surface area contributed by atoms with E-state index in [1.807, 2.05) is 0 Å². The van der Waals surface area contributed by atoms with Gasteiger partial charge >= 0.3 is 0 Å². The summed E-state index contributed by atoms with van der Waals surface area (Å²) in [4.78, 5) is 10.9. The van der Waals surface area contributed by atoms with Crippen molar-refractivity contribution >= 4 is 6.29 Å². The van der Waals surface area contributed by atoms with Crippen LogP contribution in [0.4, 0.5) is 4.39 Å². The number of aldehydes is 1. The van der Waals surface area contributed by atoms with Crippen molar-refractivity contribution in [2.45, 2.75) is 37.8 Å². The van der Waals surface area contributed by atoms with Crippen LogP contribution >= 0.6 is 0 Å². The normalized spacial score (nSPS) is 26.5. The first-order valence-corrected chi connectivity index (χ1v) is 5.21. The van der Waals surface area contributed by atoms with Gasteiger partial charge in [0.2, 0.25) is 5.67 Å². The Morgan fingerprint density at radius 2 is 2.27 bits per heavy atom. The summed E-state index contributed by atoms with van der Waals surface area (Å²) < 4.78 is 15.7. The fourth-order valence-electron chi connectivity index (χ4n) is 2.16. The Bertz CT molecular complexity index is 377. The summed E-state index contributed by atoms with van der Waals surface area (Å²) in [5.74, 6) is 0. The monoisotopic (exact) mass is 211 g/mol. The molecule has 1 unspecified atom stereocenters. The largest absolute Gasteiger partial charge is 0.299 e. The first-order valence-electron chi connectivity index (χ1n) is 5.21. The lowest BCUT2D eigenvalue weighted by atomic mass is 9.90. The molecule has 1 aromatic heterocycles. The van der Waals surface area contributed by atoms with E-state index >= 15 is 0 Å². The molecule has 4 nitrogen and oxygen atoms in total. The maximum Gasteiger partial charge on any atom is 0.208 e. The lowest BCUT2D eigenvalue weighted by Gasteiger charge is -2.21. The highest BCUT2D eigenvalue weighted by molar-refractivity contribution is 5.65. The smallest absolute Gasteiger partial charge is 0.208 e. The van der Waals surface area contributed by atoms with Gasteiger partial charge in [-0.25, -0.2) is 9.07 Å². The average Bonchev–Trinajstić information content (AvgIpc) is 2.56. The summed E-state index contributed by atoms with van der Waals surface area (Å²) in [6.07, 6.45) is 4.00. The van der Waals surface area contributed by atoms with Gasteiger partial charge in [-0.3, -0.25) is 4.79 Å². The minimum absolute atomic E-state index is 0.241. The summed E-state index contributed by atoms with van der Waals surface area (Å²) in [7, 11) is 1.63. The van der Waals surface area contributed by atoms with Crippen molar-refractivity contribution in [3.05, 3.63) is 11.4 Å². The number of hydrogen-bond acceptors (Lipinski definition) is 3. The quantitative estimate of drug-likeness (QED) is 0.658. The third-order valence-corrected chi connectivity index (χ3v) is 2.93. The fourth-order valence-corrected chi connectivity index (χ4v) is 2.16. The van der Waals surface area contributed by atoms with E-state index in [-0.39, 0.29) is 6.42 Å². The van der Waals surface area contributed by atoms with Gasteiger partial charge in [-0.05, 0) is 25.7 Å². The Labute approximate surface area is 87.5 Å².